The first-order chi connectivity index (χ1) is 13.4. The van der Waals surface area contributed by atoms with E-state index in [2.05, 4.69) is 26.6 Å². The lowest BCUT2D eigenvalue weighted by atomic mass is 9.97. The van der Waals surface area contributed by atoms with Gasteiger partial charge >= 0.3 is 6.09 Å². The van der Waals surface area contributed by atoms with Crippen molar-refractivity contribution in [1.82, 2.24) is 5.32 Å². The van der Waals surface area contributed by atoms with Crippen LogP contribution in [0.5, 0.6) is 0 Å². The molecule has 0 radical (unpaired) electrons. The molecule has 7 heteroatoms. The van der Waals surface area contributed by atoms with E-state index in [0.717, 1.165) is 0 Å². The van der Waals surface area contributed by atoms with Crippen molar-refractivity contribution in [3.8, 4) is 0 Å². The van der Waals surface area contributed by atoms with Gasteiger partial charge in [0, 0.05) is 15.7 Å². The third-order valence-electron chi connectivity index (χ3n) is 4.03. The van der Waals surface area contributed by atoms with Crippen LogP contribution in [0.3, 0.4) is 0 Å². The number of hydrogen-bond donors (Lipinski definition) is 2. The van der Waals surface area contributed by atoms with Crippen LogP contribution in [0, 0.1) is 5.82 Å². The van der Waals surface area contributed by atoms with Gasteiger partial charge in [-0.15, -0.1) is 0 Å². The fraction of sp³-hybridized carbons (Fsp3) is 0.364. The lowest BCUT2D eigenvalue weighted by molar-refractivity contribution is -0.115. The summed E-state index contributed by atoms with van der Waals surface area (Å²) in [6.45, 7) is 9.14. The summed E-state index contributed by atoms with van der Waals surface area (Å²) in [5.74, 6) is -0.782. The predicted molar refractivity (Wildman–Crippen MR) is 115 cm³/mol. The Morgan fingerprint density at radius 2 is 1.76 bits per heavy atom. The largest absolute Gasteiger partial charge is 0.439 e. The molecule has 0 atom stereocenters. The van der Waals surface area contributed by atoms with E-state index in [9.17, 15) is 14.0 Å². The van der Waals surface area contributed by atoms with Gasteiger partial charge in [-0.2, -0.15) is 0 Å². The van der Waals surface area contributed by atoms with E-state index >= 15 is 0 Å². The Kier molecular flexibility index (Phi) is 7.06. The predicted octanol–water partition coefficient (Wildman–Crippen LogP) is 5.53. The zero-order valence-corrected chi connectivity index (χ0v) is 18.8. The number of amides is 2. The molecule has 0 aliphatic rings. The Morgan fingerprint density at radius 1 is 1.07 bits per heavy atom. The van der Waals surface area contributed by atoms with E-state index in [4.69, 9.17) is 4.74 Å². The number of ether oxygens (including phenoxy) is 1. The van der Waals surface area contributed by atoms with Gasteiger partial charge in [0.25, 0.3) is 0 Å². The van der Waals surface area contributed by atoms with Gasteiger partial charge in [-0.25, -0.2) is 9.18 Å². The molecule has 29 heavy (non-hydrogen) atoms. The van der Waals surface area contributed by atoms with Crippen LogP contribution in [0.25, 0.3) is 0 Å². The van der Waals surface area contributed by atoms with Crippen molar-refractivity contribution in [1.29, 1.82) is 0 Å². The standard InChI is InChI=1S/C22H26BrFN2O3/c1-21(2,3)26-20(28)29-22(4,5)15-7-6-8-17(12-15)25-19(27)11-14-9-10-16(23)13-18(14)24/h6-10,12-13H,11H2,1-5H3,(H,25,27)(H,26,28). The van der Waals surface area contributed by atoms with Crippen molar-refractivity contribution < 1.29 is 18.7 Å². The SMILES string of the molecule is CC(C)(C)NC(=O)OC(C)(C)c1cccc(NC(=O)Cc2ccc(Br)cc2F)c1. The molecular formula is C22H26BrFN2O3. The molecule has 0 aromatic heterocycles. The van der Waals surface area contributed by atoms with Gasteiger partial charge in [0.15, 0.2) is 0 Å². The molecular weight excluding hydrogens is 439 g/mol. The summed E-state index contributed by atoms with van der Waals surface area (Å²) < 4.78 is 20.1. The molecule has 0 heterocycles. The second kappa shape index (κ2) is 8.95. The first-order valence-electron chi connectivity index (χ1n) is 9.21. The summed E-state index contributed by atoms with van der Waals surface area (Å²) in [7, 11) is 0. The molecule has 0 aliphatic heterocycles. The summed E-state index contributed by atoms with van der Waals surface area (Å²) >= 11 is 3.19. The Balaban J connectivity index is 2.08. The summed E-state index contributed by atoms with van der Waals surface area (Å²) in [6, 6.07) is 11.6. The van der Waals surface area contributed by atoms with Crippen LogP contribution >= 0.6 is 15.9 Å². The average molecular weight is 465 g/mol. The molecule has 0 spiro atoms. The van der Waals surface area contributed by atoms with Gasteiger partial charge in [0.2, 0.25) is 5.91 Å². The molecule has 2 rings (SSSR count). The maximum Gasteiger partial charge on any atom is 0.408 e. The summed E-state index contributed by atoms with van der Waals surface area (Å²) in [5, 5.41) is 5.52. The molecule has 2 N–H and O–H groups in total. The highest BCUT2D eigenvalue weighted by Gasteiger charge is 2.27. The summed E-state index contributed by atoms with van der Waals surface area (Å²) in [6.07, 6.45) is -0.611. The highest BCUT2D eigenvalue weighted by atomic mass is 79.9. The quantitative estimate of drug-likeness (QED) is 0.610. The van der Waals surface area contributed by atoms with Crippen LogP contribution in [-0.2, 0) is 21.6 Å². The van der Waals surface area contributed by atoms with Crippen molar-refractivity contribution in [2.45, 2.75) is 52.2 Å². The molecule has 2 aromatic carbocycles. The normalized spacial score (nSPS) is 11.7. The first kappa shape index (κ1) is 22.9. The van der Waals surface area contributed by atoms with Gasteiger partial charge in [0.1, 0.15) is 11.4 Å². The molecule has 2 aromatic rings. The van der Waals surface area contributed by atoms with Crippen LogP contribution < -0.4 is 10.6 Å². The fourth-order valence-electron chi connectivity index (χ4n) is 2.64. The van der Waals surface area contributed by atoms with E-state index < -0.39 is 23.1 Å². The second-order valence-electron chi connectivity index (χ2n) is 8.32. The maximum absolute atomic E-state index is 13.9. The van der Waals surface area contributed by atoms with Gasteiger partial charge in [-0.3, -0.25) is 4.79 Å². The van der Waals surface area contributed by atoms with Crippen molar-refractivity contribution in [3.63, 3.8) is 0 Å². The minimum Gasteiger partial charge on any atom is -0.439 e. The highest BCUT2D eigenvalue weighted by molar-refractivity contribution is 9.10. The van der Waals surface area contributed by atoms with E-state index in [1.807, 2.05) is 26.8 Å². The summed E-state index contributed by atoms with van der Waals surface area (Å²) in [5.41, 5.74) is 0.246. The number of alkyl carbamates (subject to hydrolysis) is 1. The van der Waals surface area contributed by atoms with Crippen LogP contribution in [0.2, 0.25) is 0 Å². The number of nitrogens with one attached hydrogen (secondary N) is 2. The number of hydrogen-bond acceptors (Lipinski definition) is 3. The minimum atomic E-state index is -0.909. The van der Waals surface area contributed by atoms with Crippen LogP contribution in [0.15, 0.2) is 46.9 Å². The molecule has 0 aliphatic carbocycles. The van der Waals surface area contributed by atoms with Crippen molar-refractivity contribution in [2.75, 3.05) is 5.32 Å². The topological polar surface area (TPSA) is 67.4 Å². The molecule has 156 valence electrons. The Hall–Kier alpha value is -2.41. The average Bonchev–Trinajstić information content (AvgIpc) is 2.55. The molecule has 2 amide bonds. The zero-order valence-electron chi connectivity index (χ0n) is 17.2. The molecule has 5 nitrogen and oxygen atoms in total. The third-order valence-corrected chi connectivity index (χ3v) is 4.53. The van der Waals surface area contributed by atoms with E-state index in [1.54, 1.807) is 44.2 Å². The van der Waals surface area contributed by atoms with Crippen molar-refractivity contribution in [2.24, 2.45) is 0 Å². The monoisotopic (exact) mass is 464 g/mol. The lowest BCUT2D eigenvalue weighted by Gasteiger charge is -2.29. The smallest absolute Gasteiger partial charge is 0.408 e. The van der Waals surface area contributed by atoms with Crippen LogP contribution in [0.4, 0.5) is 14.9 Å². The lowest BCUT2D eigenvalue weighted by Crippen LogP contribution is -2.43. The fourth-order valence-corrected chi connectivity index (χ4v) is 2.97. The second-order valence-corrected chi connectivity index (χ2v) is 9.23. The van der Waals surface area contributed by atoms with Gasteiger partial charge in [0.05, 0.1) is 6.42 Å². The number of rotatable bonds is 5. The minimum absolute atomic E-state index is 0.0861. The van der Waals surface area contributed by atoms with Crippen LogP contribution in [-0.4, -0.2) is 17.5 Å². The maximum atomic E-state index is 13.9. The van der Waals surface area contributed by atoms with Crippen molar-refractivity contribution in [3.05, 3.63) is 63.9 Å². The van der Waals surface area contributed by atoms with E-state index in [-0.39, 0.29) is 12.3 Å². The molecule has 0 saturated carbocycles. The third kappa shape index (κ3) is 7.16. The van der Waals surface area contributed by atoms with Crippen molar-refractivity contribution >= 4 is 33.6 Å². The van der Waals surface area contributed by atoms with Gasteiger partial charge in [-0.1, -0.05) is 34.1 Å². The number of carbonyl (C=O) groups excluding carboxylic acids is 2. The molecule has 0 unspecified atom stereocenters. The number of benzene rings is 2. The van der Waals surface area contributed by atoms with Gasteiger partial charge < -0.3 is 15.4 Å². The molecule has 0 bridgehead atoms. The molecule has 0 saturated heterocycles. The Bertz CT molecular complexity index is 907. The highest BCUT2D eigenvalue weighted by Crippen LogP contribution is 2.27. The van der Waals surface area contributed by atoms with E-state index in [0.29, 0.717) is 21.3 Å². The Labute approximate surface area is 179 Å². The Morgan fingerprint density at radius 3 is 2.38 bits per heavy atom. The first-order valence-corrected chi connectivity index (χ1v) is 10.0. The van der Waals surface area contributed by atoms with Gasteiger partial charge in [-0.05, 0) is 70.0 Å². The molecule has 0 fully saturated rings. The number of anilines is 1. The van der Waals surface area contributed by atoms with E-state index in [1.165, 1.54) is 6.07 Å². The number of halogens is 2. The summed E-state index contributed by atoms with van der Waals surface area (Å²) in [4.78, 5) is 24.5. The van der Waals surface area contributed by atoms with Crippen LogP contribution in [0.1, 0.15) is 45.7 Å². The zero-order chi connectivity index (χ0) is 21.8. The number of carbonyl (C=O) groups is 2.